The van der Waals surface area contributed by atoms with Crippen molar-refractivity contribution in [1.29, 1.82) is 0 Å². The Balaban J connectivity index is 1.84. The number of hydrogen-bond acceptors (Lipinski definition) is 5. The molecule has 0 spiro atoms. The van der Waals surface area contributed by atoms with Gasteiger partial charge in [0, 0.05) is 18.0 Å². The second-order valence-corrected chi connectivity index (χ2v) is 5.52. The molecule has 1 aliphatic carbocycles. The van der Waals surface area contributed by atoms with Crippen LogP contribution in [-0.4, -0.2) is 15.9 Å². The average Bonchev–Trinajstić information content (AvgIpc) is 3.17. The summed E-state index contributed by atoms with van der Waals surface area (Å²) in [6.45, 7) is 1.91. The molecule has 2 heterocycles. The first-order valence-electron chi connectivity index (χ1n) is 5.83. The Morgan fingerprint density at radius 2 is 2.33 bits per heavy atom. The van der Waals surface area contributed by atoms with Crippen LogP contribution in [0.25, 0.3) is 10.6 Å². The van der Waals surface area contributed by atoms with Gasteiger partial charge < -0.3 is 4.74 Å². The molecule has 0 radical (unpaired) electrons. The fraction of sp³-hybridized carbons (Fsp3) is 0.308. The van der Waals surface area contributed by atoms with Crippen LogP contribution in [0.3, 0.4) is 0 Å². The minimum Gasteiger partial charge on any atom is -0.406 e. The lowest BCUT2D eigenvalue weighted by atomic mass is 10.3. The van der Waals surface area contributed by atoms with E-state index in [2.05, 4.69) is 9.97 Å². The molecular weight excluding hydrogens is 248 g/mol. The van der Waals surface area contributed by atoms with E-state index in [1.54, 1.807) is 12.4 Å². The zero-order valence-electron chi connectivity index (χ0n) is 9.92. The van der Waals surface area contributed by atoms with E-state index in [1.807, 2.05) is 19.1 Å². The fourth-order valence-electron chi connectivity index (χ4n) is 1.59. The molecule has 92 valence electrons. The van der Waals surface area contributed by atoms with Gasteiger partial charge in [-0.1, -0.05) is 0 Å². The van der Waals surface area contributed by atoms with Crippen molar-refractivity contribution in [3.8, 4) is 16.5 Å². The van der Waals surface area contributed by atoms with Crippen molar-refractivity contribution in [2.75, 3.05) is 0 Å². The van der Waals surface area contributed by atoms with Crippen LogP contribution in [0.4, 0.5) is 0 Å². The first-order chi connectivity index (χ1) is 8.74. The van der Waals surface area contributed by atoms with Gasteiger partial charge in [-0.05, 0) is 31.9 Å². The molecule has 0 unspecified atom stereocenters. The van der Waals surface area contributed by atoms with Crippen molar-refractivity contribution in [3.63, 3.8) is 0 Å². The van der Waals surface area contributed by atoms with Crippen LogP contribution >= 0.6 is 11.3 Å². The van der Waals surface area contributed by atoms with Gasteiger partial charge in [-0.15, -0.1) is 11.3 Å². The van der Waals surface area contributed by atoms with Gasteiger partial charge in [0.1, 0.15) is 5.01 Å². The minimum absolute atomic E-state index is 0.0907. The topological polar surface area (TPSA) is 52.1 Å². The van der Waals surface area contributed by atoms with Gasteiger partial charge in [0.05, 0.1) is 10.8 Å². The lowest BCUT2D eigenvalue weighted by Gasteiger charge is -1.99. The van der Waals surface area contributed by atoms with Crippen LogP contribution in [0.1, 0.15) is 17.7 Å². The van der Waals surface area contributed by atoms with Crippen molar-refractivity contribution >= 4 is 17.3 Å². The van der Waals surface area contributed by atoms with Gasteiger partial charge in [-0.3, -0.25) is 9.78 Å². The van der Waals surface area contributed by atoms with Crippen LogP contribution in [0, 0.1) is 12.8 Å². The third-order valence-electron chi connectivity index (χ3n) is 2.77. The predicted molar refractivity (Wildman–Crippen MR) is 68.4 cm³/mol. The first kappa shape index (κ1) is 11.3. The summed E-state index contributed by atoms with van der Waals surface area (Å²) in [5, 5.41) is 0.833. The second-order valence-electron chi connectivity index (χ2n) is 4.32. The summed E-state index contributed by atoms with van der Waals surface area (Å²) in [6, 6.07) is 3.81. The van der Waals surface area contributed by atoms with E-state index < -0.39 is 0 Å². The van der Waals surface area contributed by atoms with E-state index in [0.29, 0.717) is 5.88 Å². The molecule has 0 aromatic carbocycles. The van der Waals surface area contributed by atoms with E-state index in [1.165, 1.54) is 11.3 Å². The molecule has 4 nitrogen and oxygen atoms in total. The molecule has 2 aromatic heterocycles. The smallest absolute Gasteiger partial charge is 0.315 e. The number of nitrogens with zero attached hydrogens (tertiary/aromatic N) is 2. The Hall–Kier alpha value is -1.75. The van der Waals surface area contributed by atoms with E-state index in [-0.39, 0.29) is 11.9 Å². The van der Waals surface area contributed by atoms with E-state index >= 15 is 0 Å². The third-order valence-corrected chi connectivity index (χ3v) is 3.77. The highest BCUT2D eigenvalue weighted by Gasteiger charge is 2.32. The summed E-state index contributed by atoms with van der Waals surface area (Å²) in [5.74, 6) is 0.379. The molecule has 0 amide bonds. The van der Waals surface area contributed by atoms with Crippen LogP contribution in [0.15, 0.2) is 24.5 Å². The second kappa shape index (κ2) is 4.49. The Labute approximate surface area is 109 Å². The molecule has 3 rings (SSSR count). The number of esters is 1. The summed E-state index contributed by atoms with van der Waals surface area (Å²) < 4.78 is 5.31. The van der Waals surface area contributed by atoms with Crippen LogP contribution < -0.4 is 4.74 Å². The van der Waals surface area contributed by atoms with E-state index in [0.717, 1.165) is 28.3 Å². The van der Waals surface area contributed by atoms with Gasteiger partial charge in [0.2, 0.25) is 5.88 Å². The molecule has 1 saturated carbocycles. The SMILES string of the molecule is Cc1sc(-c2cccnc2)nc1OC(=O)C1CC1. The Morgan fingerprint density at radius 1 is 1.50 bits per heavy atom. The number of carbonyl (C=O) groups excluding carboxylic acids is 1. The van der Waals surface area contributed by atoms with E-state index in [9.17, 15) is 4.79 Å². The lowest BCUT2D eigenvalue weighted by Crippen LogP contribution is -2.10. The zero-order valence-corrected chi connectivity index (χ0v) is 10.7. The zero-order chi connectivity index (χ0) is 12.5. The summed E-state index contributed by atoms with van der Waals surface area (Å²) in [6.07, 6.45) is 5.36. The molecule has 2 aromatic rings. The Bertz CT molecular complexity index is 576. The average molecular weight is 260 g/mol. The highest BCUT2D eigenvalue weighted by atomic mass is 32.1. The van der Waals surface area contributed by atoms with Crippen molar-refractivity contribution in [3.05, 3.63) is 29.4 Å². The van der Waals surface area contributed by atoms with Gasteiger partial charge >= 0.3 is 5.97 Å². The molecular formula is C13H12N2O2S. The maximum absolute atomic E-state index is 11.6. The monoisotopic (exact) mass is 260 g/mol. The van der Waals surface area contributed by atoms with Gasteiger partial charge in [0.15, 0.2) is 0 Å². The predicted octanol–water partition coefficient (Wildman–Crippen LogP) is 2.83. The molecule has 1 fully saturated rings. The molecule has 0 atom stereocenters. The van der Waals surface area contributed by atoms with Crippen molar-refractivity contribution in [1.82, 2.24) is 9.97 Å². The van der Waals surface area contributed by atoms with Gasteiger partial charge in [0.25, 0.3) is 0 Å². The number of thiazole rings is 1. The molecule has 0 N–H and O–H groups in total. The number of pyridine rings is 1. The molecule has 0 aliphatic heterocycles. The standard InChI is InChI=1S/C13H12N2O2S/c1-8-11(17-13(16)9-4-5-9)15-12(18-8)10-3-2-6-14-7-10/h2-3,6-7,9H,4-5H2,1H3. The van der Waals surface area contributed by atoms with E-state index in [4.69, 9.17) is 4.74 Å². The van der Waals surface area contributed by atoms with Crippen LogP contribution in [0.5, 0.6) is 5.88 Å². The summed E-state index contributed by atoms with van der Waals surface area (Å²) in [4.78, 5) is 20.9. The maximum atomic E-state index is 11.6. The van der Waals surface area contributed by atoms with Crippen molar-refractivity contribution < 1.29 is 9.53 Å². The lowest BCUT2D eigenvalue weighted by molar-refractivity contribution is -0.136. The fourth-order valence-corrected chi connectivity index (χ4v) is 2.42. The molecule has 0 saturated heterocycles. The summed E-state index contributed by atoms with van der Waals surface area (Å²) in [5.41, 5.74) is 0.944. The number of ether oxygens (including phenoxy) is 1. The quantitative estimate of drug-likeness (QED) is 0.796. The normalized spacial score (nSPS) is 14.5. The van der Waals surface area contributed by atoms with Crippen LogP contribution in [0.2, 0.25) is 0 Å². The highest BCUT2D eigenvalue weighted by molar-refractivity contribution is 7.15. The largest absolute Gasteiger partial charge is 0.406 e. The number of rotatable bonds is 3. The van der Waals surface area contributed by atoms with Crippen molar-refractivity contribution in [2.24, 2.45) is 5.92 Å². The molecule has 1 aliphatic rings. The first-order valence-corrected chi connectivity index (χ1v) is 6.65. The van der Waals surface area contributed by atoms with Gasteiger partial charge in [-0.2, -0.15) is 0 Å². The third kappa shape index (κ3) is 2.26. The Morgan fingerprint density at radius 3 is 3.00 bits per heavy atom. The molecule has 5 heteroatoms. The molecule has 18 heavy (non-hydrogen) atoms. The molecule has 0 bridgehead atoms. The maximum Gasteiger partial charge on any atom is 0.315 e. The number of carbonyl (C=O) groups is 1. The minimum atomic E-state index is -0.152. The number of hydrogen-bond donors (Lipinski definition) is 0. The van der Waals surface area contributed by atoms with Crippen LogP contribution in [-0.2, 0) is 4.79 Å². The summed E-state index contributed by atoms with van der Waals surface area (Å²) >= 11 is 1.51. The Kier molecular flexibility index (Phi) is 2.83. The van der Waals surface area contributed by atoms with Gasteiger partial charge in [-0.25, -0.2) is 4.98 Å². The van der Waals surface area contributed by atoms with Crippen molar-refractivity contribution in [2.45, 2.75) is 19.8 Å². The number of aromatic nitrogens is 2. The summed E-state index contributed by atoms with van der Waals surface area (Å²) in [7, 11) is 0. The number of aryl methyl sites for hydroxylation is 1. The highest BCUT2D eigenvalue weighted by Crippen LogP contribution is 2.34.